The van der Waals surface area contributed by atoms with Gasteiger partial charge in [-0.2, -0.15) is 0 Å². The van der Waals surface area contributed by atoms with E-state index in [1.54, 1.807) is 35.4 Å². The van der Waals surface area contributed by atoms with Crippen molar-refractivity contribution in [3.05, 3.63) is 102 Å². The van der Waals surface area contributed by atoms with E-state index in [9.17, 15) is 9.59 Å². The van der Waals surface area contributed by atoms with E-state index >= 15 is 0 Å². The smallest absolute Gasteiger partial charge is 0.415 e. The molecule has 1 saturated heterocycles. The van der Waals surface area contributed by atoms with Crippen LogP contribution in [0, 0.1) is 0 Å². The molecule has 1 atom stereocenters. The number of nitrogens with zero attached hydrogens (tertiary/aromatic N) is 2. The van der Waals surface area contributed by atoms with Crippen molar-refractivity contribution in [2.75, 3.05) is 10.2 Å². The van der Waals surface area contributed by atoms with E-state index in [0.717, 1.165) is 16.5 Å². The van der Waals surface area contributed by atoms with Crippen LogP contribution in [0.2, 0.25) is 0 Å². The molecule has 0 bridgehead atoms. The maximum absolute atomic E-state index is 13.1. The molecule has 4 aromatic rings. The van der Waals surface area contributed by atoms with Gasteiger partial charge in [0.1, 0.15) is 11.6 Å². The van der Waals surface area contributed by atoms with Crippen molar-refractivity contribution in [3.8, 4) is 0 Å². The third-order valence-corrected chi connectivity index (χ3v) is 6.84. The van der Waals surface area contributed by atoms with Gasteiger partial charge < -0.3 is 10.1 Å². The van der Waals surface area contributed by atoms with Crippen LogP contribution in [0.1, 0.15) is 48.7 Å². The molecule has 1 aliphatic rings. The molecule has 2 amide bonds. The monoisotopic (exact) mass is 465 g/mol. The minimum atomic E-state index is -0.615. The number of nitrogens with one attached hydrogen (secondary N) is 1. The summed E-state index contributed by atoms with van der Waals surface area (Å²) in [7, 11) is 0. The summed E-state index contributed by atoms with van der Waals surface area (Å²) in [6, 6.07) is 26.3. The Morgan fingerprint density at radius 3 is 2.37 bits per heavy atom. The van der Waals surface area contributed by atoms with Gasteiger partial charge in [-0.1, -0.05) is 62.4 Å². The predicted octanol–water partition coefficient (Wildman–Crippen LogP) is 6.74. The van der Waals surface area contributed by atoms with Crippen LogP contribution in [0.5, 0.6) is 0 Å². The van der Waals surface area contributed by atoms with Crippen molar-refractivity contribution in [2.24, 2.45) is 0 Å². The Morgan fingerprint density at radius 1 is 0.943 bits per heavy atom. The number of hydrogen-bond donors (Lipinski definition) is 1. The number of anilines is 2. The summed E-state index contributed by atoms with van der Waals surface area (Å²) in [6.07, 6.45) is 2.73. The summed E-state index contributed by atoms with van der Waals surface area (Å²) < 4.78 is 5.98. The quantitative estimate of drug-likeness (QED) is 0.342. The average molecular weight is 466 g/mol. The van der Waals surface area contributed by atoms with Crippen LogP contribution < -0.4 is 10.2 Å². The van der Waals surface area contributed by atoms with Crippen LogP contribution >= 0.6 is 0 Å². The first-order valence-corrected chi connectivity index (χ1v) is 11.9. The van der Waals surface area contributed by atoms with Crippen molar-refractivity contribution in [2.45, 2.75) is 38.3 Å². The number of carbonyl (C=O) groups is 2. The van der Waals surface area contributed by atoms with E-state index in [-0.39, 0.29) is 18.0 Å². The zero-order valence-corrected chi connectivity index (χ0v) is 19.8. The van der Waals surface area contributed by atoms with Crippen LogP contribution in [-0.4, -0.2) is 22.6 Å². The molecule has 6 heteroatoms. The van der Waals surface area contributed by atoms with Gasteiger partial charge in [0, 0.05) is 22.8 Å². The van der Waals surface area contributed by atoms with E-state index < -0.39 is 5.60 Å². The summed E-state index contributed by atoms with van der Waals surface area (Å²) in [6.45, 7) is 4.09. The Hall–Kier alpha value is -4.19. The van der Waals surface area contributed by atoms with E-state index in [4.69, 9.17) is 4.74 Å². The fourth-order valence-electron chi connectivity index (χ4n) is 4.92. The number of benzene rings is 3. The molecule has 3 aromatic carbocycles. The molecule has 5 rings (SSSR count). The first-order valence-electron chi connectivity index (χ1n) is 11.9. The number of amides is 2. The lowest BCUT2D eigenvalue weighted by molar-refractivity contribution is 0.0291. The Labute approximate surface area is 204 Å². The lowest BCUT2D eigenvalue weighted by Crippen LogP contribution is -2.37. The molecular weight excluding hydrogens is 438 g/mol. The van der Waals surface area contributed by atoms with Crippen molar-refractivity contribution < 1.29 is 14.3 Å². The van der Waals surface area contributed by atoms with Gasteiger partial charge in [-0.05, 0) is 54.8 Å². The Bertz CT molecular complexity index is 1360. The normalized spacial score (nSPS) is 16.8. The average Bonchev–Trinajstić information content (AvgIpc) is 3.22. The van der Waals surface area contributed by atoms with Crippen molar-refractivity contribution in [1.82, 2.24) is 4.98 Å². The SMILES string of the molecule is CCC1(CC)OC(=O)N(c2ccc(C(=O)Nc3cccc4cccnc34)cc2)[C@H]1c1ccccc1. The number of pyridine rings is 1. The predicted molar refractivity (Wildman–Crippen MR) is 138 cm³/mol. The van der Waals surface area contributed by atoms with Gasteiger partial charge in [0.15, 0.2) is 0 Å². The van der Waals surface area contributed by atoms with Gasteiger partial charge in [-0.15, -0.1) is 0 Å². The zero-order chi connectivity index (χ0) is 24.4. The molecule has 6 nitrogen and oxygen atoms in total. The Balaban J connectivity index is 1.44. The molecule has 176 valence electrons. The zero-order valence-electron chi connectivity index (χ0n) is 19.8. The summed E-state index contributed by atoms with van der Waals surface area (Å²) in [5.41, 5.74) is 2.97. The molecule has 1 N–H and O–H groups in total. The molecule has 1 fully saturated rings. The number of rotatable bonds is 6. The van der Waals surface area contributed by atoms with Gasteiger partial charge >= 0.3 is 6.09 Å². The number of aromatic nitrogens is 1. The van der Waals surface area contributed by atoms with Crippen molar-refractivity contribution in [1.29, 1.82) is 0 Å². The molecule has 2 heterocycles. The fraction of sp³-hybridized carbons (Fsp3) is 0.207. The minimum absolute atomic E-state index is 0.241. The largest absolute Gasteiger partial charge is 0.440 e. The highest BCUT2D eigenvalue weighted by Gasteiger charge is 2.53. The first kappa shape index (κ1) is 22.6. The molecule has 1 aliphatic heterocycles. The summed E-state index contributed by atoms with van der Waals surface area (Å²) in [4.78, 5) is 32.2. The third-order valence-electron chi connectivity index (χ3n) is 6.84. The van der Waals surface area contributed by atoms with Crippen LogP contribution in [0.15, 0.2) is 91.1 Å². The maximum atomic E-state index is 13.1. The van der Waals surface area contributed by atoms with Crippen LogP contribution in [0.3, 0.4) is 0 Å². The first-order chi connectivity index (χ1) is 17.1. The second-order valence-electron chi connectivity index (χ2n) is 8.70. The Kier molecular flexibility index (Phi) is 5.95. The van der Waals surface area contributed by atoms with Gasteiger partial charge in [0.05, 0.1) is 11.2 Å². The number of fused-ring (bicyclic) bond motifs is 1. The van der Waals surface area contributed by atoms with Crippen LogP contribution in [0.4, 0.5) is 16.2 Å². The molecule has 0 radical (unpaired) electrons. The molecule has 0 spiro atoms. The van der Waals surface area contributed by atoms with Crippen LogP contribution in [0.25, 0.3) is 10.9 Å². The van der Waals surface area contributed by atoms with Crippen molar-refractivity contribution in [3.63, 3.8) is 0 Å². The lowest BCUT2D eigenvalue weighted by Gasteiger charge is -2.33. The fourth-order valence-corrected chi connectivity index (χ4v) is 4.92. The number of ether oxygens (including phenoxy) is 1. The van der Waals surface area contributed by atoms with Gasteiger partial charge in [-0.25, -0.2) is 4.79 Å². The maximum Gasteiger partial charge on any atom is 0.415 e. The number of para-hydroxylation sites is 1. The van der Waals surface area contributed by atoms with Crippen molar-refractivity contribution >= 4 is 34.3 Å². The van der Waals surface area contributed by atoms with Gasteiger partial charge in [0.2, 0.25) is 0 Å². The van der Waals surface area contributed by atoms with E-state index in [1.807, 2.05) is 74.5 Å². The number of carbonyl (C=O) groups excluding carboxylic acids is 2. The Morgan fingerprint density at radius 2 is 1.66 bits per heavy atom. The summed E-state index contributed by atoms with van der Waals surface area (Å²) >= 11 is 0. The number of cyclic esters (lactones) is 1. The third kappa shape index (κ3) is 4.01. The molecule has 0 saturated carbocycles. The van der Waals surface area contributed by atoms with E-state index in [1.165, 1.54) is 0 Å². The highest BCUT2D eigenvalue weighted by molar-refractivity contribution is 6.08. The van der Waals surface area contributed by atoms with E-state index in [0.29, 0.717) is 29.8 Å². The molecule has 0 aliphatic carbocycles. The van der Waals surface area contributed by atoms with Gasteiger partial charge in [-0.3, -0.25) is 14.7 Å². The van der Waals surface area contributed by atoms with Crippen LogP contribution in [-0.2, 0) is 4.74 Å². The minimum Gasteiger partial charge on any atom is -0.440 e. The van der Waals surface area contributed by atoms with E-state index in [2.05, 4.69) is 10.3 Å². The standard InChI is InChI=1S/C29H27N3O3/c1-3-29(4-2)26(21-10-6-5-7-11-21)32(28(34)35-29)23-17-15-22(16-18-23)27(33)31-24-14-8-12-20-13-9-19-30-25(20)24/h5-19,26H,3-4H2,1-2H3,(H,31,33)/t26-/m0/s1. The summed E-state index contributed by atoms with van der Waals surface area (Å²) in [5.74, 6) is -0.241. The molecule has 1 aromatic heterocycles. The second kappa shape index (κ2) is 9.22. The second-order valence-corrected chi connectivity index (χ2v) is 8.70. The lowest BCUT2D eigenvalue weighted by atomic mass is 9.84. The highest BCUT2D eigenvalue weighted by Crippen LogP contribution is 2.47. The summed E-state index contributed by atoms with van der Waals surface area (Å²) in [5, 5.41) is 3.91. The van der Waals surface area contributed by atoms with Gasteiger partial charge in [0.25, 0.3) is 5.91 Å². The topological polar surface area (TPSA) is 71.5 Å². The molecule has 35 heavy (non-hydrogen) atoms. The molecule has 0 unspecified atom stereocenters. The number of hydrogen-bond acceptors (Lipinski definition) is 4. The molecular formula is C29H27N3O3. The highest BCUT2D eigenvalue weighted by atomic mass is 16.6.